The third kappa shape index (κ3) is 3.36. The minimum Gasteiger partial charge on any atom is -0.308 e. The first kappa shape index (κ1) is 24.8. The first-order valence-corrected chi connectivity index (χ1v) is 15.6. The summed E-state index contributed by atoms with van der Waals surface area (Å²) in [5.74, 6) is -6.96. The fraction of sp³-hybridized carbons (Fsp3) is 0.143. The molecule has 0 radical (unpaired) electrons. The molecule has 0 saturated carbocycles. The fourth-order valence-corrected chi connectivity index (χ4v) is 12.3. The van der Waals surface area contributed by atoms with Gasteiger partial charge in [0, 0.05) is 51.7 Å². The second-order valence-electron chi connectivity index (χ2n) is 9.06. The number of halogens is 4. The molecule has 3 aromatic heterocycles. The number of benzene rings is 2. The van der Waals surface area contributed by atoms with Crippen molar-refractivity contribution < 1.29 is 22.1 Å². The van der Waals surface area contributed by atoms with Crippen LogP contribution < -0.4 is 15.9 Å². The fourth-order valence-electron chi connectivity index (χ4n) is 5.20. The van der Waals surface area contributed by atoms with E-state index in [1.165, 1.54) is 0 Å². The summed E-state index contributed by atoms with van der Waals surface area (Å²) in [4.78, 5) is 5.03. The first-order chi connectivity index (χ1) is 17.6. The van der Waals surface area contributed by atoms with Crippen molar-refractivity contribution in [3.05, 3.63) is 85.2 Å². The van der Waals surface area contributed by atoms with Crippen molar-refractivity contribution in [2.24, 2.45) is 0 Å². The molecule has 2 aromatic carbocycles. The molecule has 1 aliphatic heterocycles. The largest absolute Gasteiger partial charge is 0.308 e. The first-order valence-electron chi connectivity index (χ1n) is 11.4. The van der Waals surface area contributed by atoms with E-state index in [9.17, 15) is 8.78 Å². The minimum absolute atomic E-state index is 0.189. The zero-order valence-corrected chi connectivity index (χ0v) is 23.5. The molecule has 0 aliphatic carbocycles. The molecule has 0 saturated heterocycles. The Morgan fingerprint density at radius 3 is 1.76 bits per heavy atom. The summed E-state index contributed by atoms with van der Waals surface area (Å²) < 4.78 is 75.5. The number of hydrogen-bond acceptors (Lipinski definition) is 4. The molecule has 1 nitrogen and oxygen atoms in total. The maximum atomic E-state index is 15.5. The third-order valence-corrected chi connectivity index (χ3v) is 13.2. The number of aryl methyl sites for hydroxylation is 4. The molecule has 0 spiro atoms. The molecule has 9 heteroatoms. The van der Waals surface area contributed by atoms with Gasteiger partial charge in [0.1, 0.15) is 0 Å². The average Bonchev–Trinajstić information content (AvgIpc) is 3.58. The van der Waals surface area contributed by atoms with Gasteiger partial charge in [0.25, 0.3) is 0 Å². The molecule has 0 bridgehead atoms. The molecule has 4 heterocycles. The lowest BCUT2D eigenvalue weighted by Crippen LogP contribution is -2.25. The van der Waals surface area contributed by atoms with Gasteiger partial charge in [-0.3, -0.25) is 0 Å². The molecular formula is C28H19F4OPS3. The summed E-state index contributed by atoms with van der Waals surface area (Å²) in [5.41, 5.74) is 1.89. The van der Waals surface area contributed by atoms with Gasteiger partial charge in [-0.05, 0) is 45.4 Å². The maximum Gasteiger partial charge on any atom is 0.198 e. The van der Waals surface area contributed by atoms with Crippen molar-refractivity contribution in [2.75, 3.05) is 0 Å². The van der Waals surface area contributed by atoms with E-state index in [-0.39, 0.29) is 15.5 Å². The molecule has 1 unspecified atom stereocenters. The van der Waals surface area contributed by atoms with Gasteiger partial charge in [-0.25, -0.2) is 17.6 Å². The van der Waals surface area contributed by atoms with Gasteiger partial charge in [-0.15, -0.1) is 34.0 Å². The Labute approximate surface area is 223 Å². The van der Waals surface area contributed by atoms with Crippen molar-refractivity contribution in [1.82, 2.24) is 0 Å². The Hall–Kier alpha value is -2.51. The van der Waals surface area contributed by atoms with Crippen LogP contribution >= 0.6 is 41.2 Å². The zero-order valence-electron chi connectivity index (χ0n) is 20.1. The topological polar surface area (TPSA) is 17.1 Å². The van der Waals surface area contributed by atoms with Crippen LogP contribution in [-0.2, 0) is 4.57 Å². The number of rotatable bonds is 3. The Morgan fingerprint density at radius 2 is 1.19 bits per heavy atom. The van der Waals surface area contributed by atoms with Crippen LogP contribution in [-0.4, -0.2) is 0 Å². The Morgan fingerprint density at radius 1 is 0.622 bits per heavy atom. The van der Waals surface area contributed by atoms with E-state index in [1.54, 1.807) is 53.0 Å². The van der Waals surface area contributed by atoms with Gasteiger partial charge < -0.3 is 4.57 Å². The van der Waals surface area contributed by atoms with Crippen LogP contribution in [0.4, 0.5) is 17.6 Å². The molecule has 1 atom stereocenters. The van der Waals surface area contributed by atoms with E-state index < -0.39 is 41.3 Å². The van der Waals surface area contributed by atoms with Gasteiger partial charge in [0.2, 0.25) is 0 Å². The van der Waals surface area contributed by atoms with Crippen molar-refractivity contribution in [3.8, 4) is 32.0 Å². The highest BCUT2D eigenvalue weighted by atomic mass is 32.1. The van der Waals surface area contributed by atoms with E-state index in [0.29, 0.717) is 5.56 Å². The molecule has 37 heavy (non-hydrogen) atoms. The van der Waals surface area contributed by atoms with Gasteiger partial charge in [-0.2, -0.15) is 0 Å². The SMILES string of the molecule is Cc1cc(-c2sc3c(c2-c2cc(C)sc2C)P(=O)(c2ccccc2)c2c(F)c(F)c(F)c(F)c2-3)c(C)s1. The molecule has 188 valence electrons. The molecule has 1 aliphatic rings. The number of thiophene rings is 3. The Bertz CT molecular complexity index is 1800. The van der Waals surface area contributed by atoms with E-state index in [4.69, 9.17) is 0 Å². The highest BCUT2D eigenvalue weighted by Gasteiger charge is 2.50. The van der Waals surface area contributed by atoms with Crippen LogP contribution in [0.2, 0.25) is 0 Å². The number of hydrogen-bond donors (Lipinski definition) is 0. The van der Waals surface area contributed by atoms with Gasteiger partial charge >= 0.3 is 0 Å². The van der Waals surface area contributed by atoms with Crippen molar-refractivity contribution >= 4 is 57.1 Å². The van der Waals surface area contributed by atoms with Crippen molar-refractivity contribution in [3.63, 3.8) is 0 Å². The second kappa shape index (κ2) is 8.50. The van der Waals surface area contributed by atoms with Crippen LogP contribution in [0, 0.1) is 51.0 Å². The predicted octanol–water partition coefficient (Wildman–Crippen LogP) is 8.61. The van der Waals surface area contributed by atoms with Crippen LogP contribution in [0.25, 0.3) is 32.0 Å². The van der Waals surface area contributed by atoms with Gasteiger partial charge in [0.05, 0.1) is 10.2 Å². The van der Waals surface area contributed by atoms with E-state index in [1.807, 2.05) is 39.8 Å². The molecule has 6 rings (SSSR count). The number of fused-ring (bicyclic) bond motifs is 3. The molecule has 0 amide bonds. The lowest BCUT2D eigenvalue weighted by Gasteiger charge is -2.19. The third-order valence-electron chi connectivity index (χ3n) is 6.70. The lowest BCUT2D eigenvalue weighted by atomic mass is 10.0. The monoisotopic (exact) mass is 574 g/mol. The van der Waals surface area contributed by atoms with E-state index in [2.05, 4.69) is 0 Å². The normalized spacial score (nSPS) is 16.3. The quantitative estimate of drug-likeness (QED) is 0.0895. The van der Waals surface area contributed by atoms with E-state index >= 15 is 13.3 Å². The van der Waals surface area contributed by atoms with Gasteiger partial charge in [0.15, 0.2) is 30.4 Å². The minimum atomic E-state index is -4.14. The zero-order chi connectivity index (χ0) is 26.4. The Kier molecular flexibility index (Phi) is 5.70. The standard InChI is InChI=1S/C28H19F4OPS3/c1-12-10-17(14(3)35-12)19-26-28(37-27(19)18-11-13(2)36-15(18)4)20-21(29)22(30)23(31)24(32)25(20)34(26,33)16-8-6-5-7-9-16/h5-11H,1-4H3. The summed E-state index contributed by atoms with van der Waals surface area (Å²) in [5, 5.41) is -0.0969. The van der Waals surface area contributed by atoms with Crippen LogP contribution in [0.15, 0.2) is 42.5 Å². The van der Waals surface area contributed by atoms with Crippen molar-refractivity contribution in [1.29, 1.82) is 0 Å². The second-order valence-corrected chi connectivity index (χ2v) is 15.6. The summed E-state index contributed by atoms with van der Waals surface area (Å²) >= 11 is 4.34. The summed E-state index contributed by atoms with van der Waals surface area (Å²) in [6.45, 7) is 7.87. The van der Waals surface area contributed by atoms with Crippen LogP contribution in [0.5, 0.6) is 0 Å². The van der Waals surface area contributed by atoms with Crippen LogP contribution in [0.1, 0.15) is 19.5 Å². The Balaban J connectivity index is 1.86. The van der Waals surface area contributed by atoms with Gasteiger partial charge in [-0.1, -0.05) is 30.3 Å². The average molecular weight is 575 g/mol. The summed E-state index contributed by atoms with van der Waals surface area (Å²) in [6.07, 6.45) is 0. The smallest absolute Gasteiger partial charge is 0.198 e. The molecule has 0 fully saturated rings. The maximum absolute atomic E-state index is 15.5. The summed E-state index contributed by atoms with van der Waals surface area (Å²) in [6, 6.07) is 12.2. The highest BCUT2D eigenvalue weighted by Crippen LogP contribution is 2.61. The lowest BCUT2D eigenvalue weighted by molar-refractivity contribution is 0.414. The highest BCUT2D eigenvalue weighted by molar-refractivity contribution is 7.87. The van der Waals surface area contributed by atoms with Crippen molar-refractivity contribution in [2.45, 2.75) is 27.7 Å². The van der Waals surface area contributed by atoms with Crippen LogP contribution in [0.3, 0.4) is 0 Å². The molecule has 5 aromatic rings. The molecular weight excluding hydrogens is 555 g/mol. The predicted molar refractivity (Wildman–Crippen MR) is 148 cm³/mol. The summed E-state index contributed by atoms with van der Waals surface area (Å²) in [7, 11) is -4.14. The molecule has 0 N–H and O–H groups in total. The van der Waals surface area contributed by atoms with E-state index in [0.717, 1.165) is 46.8 Å².